The third-order valence-corrected chi connectivity index (χ3v) is 6.35. The van der Waals surface area contributed by atoms with E-state index in [0.717, 1.165) is 23.7 Å². The van der Waals surface area contributed by atoms with Gasteiger partial charge in [0.15, 0.2) is 0 Å². The van der Waals surface area contributed by atoms with E-state index < -0.39 is 0 Å². The van der Waals surface area contributed by atoms with E-state index in [1.54, 1.807) is 0 Å². The Morgan fingerprint density at radius 2 is 1.96 bits per heavy atom. The molecule has 2 aliphatic carbocycles. The molecule has 0 spiro atoms. The van der Waals surface area contributed by atoms with Crippen molar-refractivity contribution in [3.63, 3.8) is 0 Å². The van der Waals surface area contributed by atoms with Crippen LogP contribution in [0.2, 0.25) is 5.02 Å². The molecule has 1 aromatic carbocycles. The summed E-state index contributed by atoms with van der Waals surface area (Å²) in [6, 6.07) is 5.57. The normalized spacial score (nSPS) is 22.2. The van der Waals surface area contributed by atoms with Crippen LogP contribution in [0.5, 0.6) is 5.75 Å². The number of rotatable bonds is 7. The molecule has 1 N–H and O–H groups in total. The lowest BCUT2D eigenvalue weighted by Gasteiger charge is -2.33. The van der Waals surface area contributed by atoms with Crippen LogP contribution in [-0.2, 0) is 4.79 Å². The fourth-order valence-corrected chi connectivity index (χ4v) is 4.81. The molecule has 0 heterocycles. The molecule has 2 saturated carbocycles. The van der Waals surface area contributed by atoms with Gasteiger partial charge >= 0.3 is 0 Å². The summed E-state index contributed by atoms with van der Waals surface area (Å²) in [5.74, 6) is 2.17. The molecule has 2 fully saturated rings. The number of ether oxygens (including phenoxy) is 1. The van der Waals surface area contributed by atoms with E-state index in [9.17, 15) is 4.79 Å². The van der Waals surface area contributed by atoms with Crippen molar-refractivity contribution in [2.45, 2.75) is 77.6 Å². The van der Waals surface area contributed by atoms with Gasteiger partial charge in [-0.15, -0.1) is 0 Å². The minimum Gasteiger partial charge on any atom is -0.493 e. The molecule has 2 aliphatic rings. The van der Waals surface area contributed by atoms with E-state index in [1.165, 1.54) is 57.1 Å². The smallest absolute Gasteiger partial charge is 0.240 e. The number of carbonyl (C=O) groups is 1. The lowest BCUT2D eigenvalue weighted by molar-refractivity contribution is -0.121. The number of hydrazone groups is 1. The molecule has 28 heavy (non-hydrogen) atoms. The first-order valence-corrected chi connectivity index (χ1v) is 11.3. The molecule has 1 aromatic rings. The third kappa shape index (κ3) is 6.23. The van der Waals surface area contributed by atoms with Crippen LogP contribution in [0, 0.1) is 18.8 Å². The molecule has 1 unspecified atom stereocenters. The van der Waals surface area contributed by atoms with Gasteiger partial charge in [-0.1, -0.05) is 37.3 Å². The second kappa shape index (κ2) is 10.8. The molecule has 4 nitrogen and oxygen atoms in total. The zero-order valence-corrected chi connectivity index (χ0v) is 17.8. The number of hydrogen-bond acceptors (Lipinski definition) is 3. The second-order valence-electron chi connectivity index (χ2n) is 8.25. The van der Waals surface area contributed by atoms with Crippen molar-refractivity contribution in [2.75, 3.05) is 6.61 Å². The molecule has 0 saturated heterocycles. The molecule has 3 rings (SSSR count). The SMILES string of the molecule is Cc1cc(Cl)ccc1OCCCC(=O)N/N=C1/CCCCC1C1CCCCC1. The Morgan fingerprint density at radius 3 is 2.75 bits per heavy atom. The van der Waals surface area contributed by atoms with E-state index in [1.807, 2.05) is 25.1 Å². The first-order chi connectivity index (χ1) is 13.6. The largest absolute Gasteiger partial charge is 0.493 e. The molecule has 154 valence electrons. The number of hydrogen-bond donors (Lipinski definition) is 1. The Hall–Kier alpha value is -1.55. The highest BCUT2D eigenvalue weighted by atomic mass is 35.5. The van der Waals surface area contributed by atoms with Gasteiger partial charge in [0.05, 0.1) is 6.61 Å². The quantitative estimate of drug-likeness (QED) is 0.444. The van der Waals surface area contributed by atoms with Crippen LogP contribution < -0.4 is 10.2 Å². The molecule has 0 bridgehead atoms. The predicted octanol–water partition coefficient (Wildman–Crippen LogP) is 6.05. The maximum atomic E-state index is 12.2. The van der Waals surface area contributed by atoms with Crippen LogP contribution in [0.25, 0.3) is 0 Å². The van der Waals surface area contributed by atoms with Crippen LogP contribution in [0.4, 0.5) is 0 Å². The maximum absolute atomic E-state index is 12.2. The fraction of sp³-hybridized carbons (Fsp3) is 0.652. The van der Waals surface area contributed by atoms with Gasteiger partial charge in [0.1, 0.15) is 5.75 Å². The first kappa shape index (κ1) is 21.2. The first-order valence-electron chi connectivity index (χ1n) is 10.9. The highest BCUT2D eigenvalue weighted by molar-refractivity contribution is 6.30. The Balaban J connectivity index is 1.42. The lowest BCUT2D eigenvalue weighted by atomic mass is 9.72. The second-order valence-corrected chi connectivity index (χ2v) is 8.69. The van der Waals surface area contributed by atoms with Crippen molar-refractivity contribution in [1.29, 1.82) is 0 Å². The zero-order valence-electron chi connectivity index (χ0n) is 17.0. The van der Waals surface area contributed by atoms with Gasteiger partial charge in [-0.05, 0) is 75.1 Å². The van der Waals surface area contributed by atoms with Gasteiger partial charge in [0.2, 0.25) is 5.91 Å². The molecule has 1 amide bonds. The Bertz CT molecular complexity index is 683. The summed E-state index contributed by atoms with van der Waals surface area (Å²) in [5, 5.41) is 5.27. The van der Waals surface area contributed by atoms with Crippen LogP contribution >= 0.6 is 11.6 Å². The van der Waals surface area contributed by atoms with Crippen molar-refractivity contribution in [1.82, 2.24) is 5.43 Å². The molecule has 0 aromatic heterocycles. The number of halogens is 1. The molecular formula is C23H33ClN2O2. The number of benzene rings is 1. The van der Waals surface area contributed by atoms with Gasteiger partial charge in [-0.25, -0.2) is 5.43 Å². The maximum Gasteiger partial charge on any atom is 0.240 e. The van der Waals surface area contributed by atoms with Crippen molar-refractivity contribution in [3.05, 3.63) is 28.8 Å². The van der Waals surface area contributed by atoms with Crippen molar-refractivity contribution in [2.24, 2.45) is 16.9 Å². The molecule has 1 atom stereocenters. The van der Waals surface area contributed by atoms with E-state index in [0.29, 0.717) is 30.4 Å². The lowest BCUT2D eigenvalue weighted by Crippen LogP contribution is -2.31. The van der Waals surface area contributed by atoms with Gasteiger partial charge in [0.25, 0.3) is 0 Å². The number of amides is 1. The van der Waals surface area contributed by atoms with Crippen molar-refractivity contribution >= 4 is 23.2 Å². The molecule has 0 aliphatic heterocycles. The van der Waals surface area contributed by atoms with E-state index >= 15 is 0 Å². The van der Waals surface area contributed by atoms with E-state index in [-0.39, 0.29) is 5.91 Å². The van der Waals surface area contributed by atoms with Crippen LogP contribution in [0.1, 0.15) is 76.2 Å². The molecule has 5 heteroatoms. The van der Waals surface area contributed by atoms with E-state index in [4.69, 9.17) is 16.3 Å². The number of nitrogens with zero attached hydrogens (tertiary/aromatic N) is 1. The van der Waals surface area contributed by atoms with E-state index in [2.05, 4.69) is 10.5 Å². The highest BCUT2D eigenvalue weighted by Crippen LogP contribution is 2.36. The highest BCUT2D eigenvalue weighted by Gasteiger charge is 2.29. The molecule has 0 radical (unpaired) electrons. The van der Waals surface area contributed by atoms with Crippen molar-refractivity contribution in [3.8, 4) is 5.75 Å². The van der Waals surface area contributed by atoms with Crippen LogP contribution in [-0.4, -0.2) is 18.2 Å². The Labute approximate surface area is 174 Å². The minimum atomic E-state index is -0.0168. The van der Waals surface area contributed by atoms with Gasteiger partial charge in [-0.2, -0.15) is 5.10 Å². The summed E-state index contributed by atoms with van der Waals surface area (Å²) >= 11 is 5.96. The number of nitrogens with one attached hydrogen (secondary N) is 1. The summed E-state index contributed by atoms with van der Waals surface area (Å²) in [6.07, 6.45) is 12.6. The van der Waals surface area contributed by atoms with Crippen LogP contribution in [0.3, 0.4) is 0 Å². The van der Waals surface area contributed by atoms with Crippen molar-refractivity contribution < 1.29 is 9.53 Å². The Morgan fingerprint density at radius 1 is 1.18 bits per heavy atom. The van der Waals surface area contributed by atoms with Gasteiger partial charge in [-0.3, -0.25) is 4.79 Å². The Kier molecular flexibility index (Phi) is 8.20. The van der Waals surface area contributed by atoms with Crippen LogP contribution in [0.15, 0.2) is 23.3 Å². The number of carbonyl (C=O) groups excluding carboxylic acids is 1. The summed E-state index contributed by atoms with van der Waals surface area (Å²) in [6.45, 7) is 2.48. The summed E-state index contributed by atoms with van der Waals surface area (Å²) in [7, 11) is 0. The number of aryl methyl sites for hydroxylation is 1. The fourth-order valence-electron chi connectivity index (χ4n) is 4.59. The summed E-state index contributed by atoms with van der Waals surface area (Å²) in [4.78, 5) is 12.2. The average molecular weight is 405 g/mol. The zero-order chi connectivity index (χ0) is 19.8. The monoisotopic (exact) mass is 404 g/mol. The predicted molar refractivity (Wildman–Crippen MR) is 115 cm³/mol. The third-order valence-electron chi connectivity index (χ3n) is 6.11. The standard InChI is InChI=1S/C23H33ClN2O2/c1-17-16-19(24)13-14-22(17)28-15-7-12-23(27)26-25-21-11-6-5-10-20(21)18-8-3-2-4-9-18/h13-14,16,18,20H,2-12,15H2,1H3,(H,26,27)/b25-21-. The molecular weight excluding hydrogens is 372 g/mol. The van der Waals surface area contributed by atoms with Gasteiger partial charge in [0, 0.05) is 23.1 Å². The minimum absolute atomic E-state index is 0.0168. The summed E-state index contributed by atoms with van der Waals surface area (Å²) < 4.78 is 5.76. The summed E-state index contributed by atoms with van der Waals surface area (Å²) in [5.41, 5.74) is 5.06. The average Bonchev–Trinajstić information content (AvgIpc) is 2.72. The topological polar surface area (TPSA) is 50.7 Å². The van der Waals surface area contributed by atoms with Gasteiger partial charge < -0.3 is 4.74 Å².